The highest BCUT2D eigenvalue weighted by Gasteiger charge is 2.38. The van der Waals surface area contributed by atoms with Crippen molar-refractivity contribution < 1.29 is 9.59 Å². The Morgan fingerprint density at radius 3 is 2.46 bits per heavy atom. The number of aromatic nitrogens is 2. The van der Waals surface area contributed by atoms with Crippen molar-refractivity contribution in [3.05, 3.63) is 12.3 Å². The summed E-state index contributed by atoms with van der Waals surface area (Å²) in [7, 11) is 0. The van der Waals surface area contributed by atoms with Crippen molar-refractivity contribution in [3.8, 4) is 0 Å². The lowest BCUT2D eigenvalue weighted by Crippen LogP contribution is -2.35. The van der Waals surface area contributed by atoms with E-state index in [0.717, 1.165) is 31.5 Å². The van der Waals surface area contributed by atoms with E-state index in [-0.39, 0.29) is 17.7 Å². The zero-order valence-corrected chi connectivity index (χ0v) is 14.1. The molecule has 3 fully saturated rings. The van der Waals surface area contributed by atoms with Crippen LogP contribution in [-0.2, 0) is 9.59 Å². The average Bonchev–Trinajstić information content (AvgIpc) is 3.34. The Balaban J connectivity index is 1.40. The Morgan fingerprint density at radius 1 is 1.08 bits per heavy atom. The van der Waals surface area contributed by atoms with Crippen LogP contribution in [0.4, 0.5) is 5.82 Å². The summed E-state index contributed by atoms with van der Waals surface area (Å²) in [5.74, 6) is 0.652. The highest BCUT2D eigenvalue weighted by atomic mass is 16.2. The van der Waals surface area contributed by atoms with E-state index in [9.17, 15) is 9.59 Å². The number of hydrogen-bond donors (Lipinski definition) is 1. The third-order valence-corrected chi connectivity index (χ3v) is 5.89. The quantitative estimate of drug-likeness (QED) is 0.923. The van der Waals surface area contributed by atoms with Crippen molar-refractivity contribution in [2.45, 2.75) is 69.9 Å². The van der Waals surface area contributed by atoms with E-state index in [1.54, 1.807) is 6.20 Å². The predicted molar refractivity (Wildman–Crippen MR) is 90.4 cm³/mol. The zero-order chi connectivity index (χ0) is 16.5. The second kappa shape index (κ2) is 6.57. The first kappa shape index (κ1) is 15.7. The number of nitrogens with zero attached hydrogens (tertiary/aromatic N) is 3. The number of amides is 2. The Bertz CT molecular complexity index is 614. The minimum absolute atomic E-state index is 0.0383. The van der Waals surface area contributed by atoms with Gasteiger partial charge >= 0.3 is 0 Å². The first-order chi connectivity index (χ1) is 11.7. The minimum Gasteiger partial charge on any atom is -0.339 e. The van der Waals surface area contributed by atoms with Gasteiger partial charge in [0, 0.05) is 25.1 Å². The summed E-state index contributed by atoms with van der Waals surface area (Å²) >= 11 is 0. The van der Waals surface area contributed by atoms with Crippen LogP contribution < -0.4 is 5.32 Å². The molecule has 0 spiro atoms. The second-order valence-electron chi connectivity index (χ2n) is 7.47. The summed E-state index contributed by atoms with van der Waals surface area (Å²) in [6.45, 7) is 0.576. The molecule has 6 heteroatoms. The SMILES string of the molecule is O=C(Nc1ccnn1C1CCCC1)[C@@H]1CC(=O)N(C2CCCC2)C1. The molecule has 4 rings (SSSR count). The molecule has 1 aromatic rings. The molecule has 3 aliphatic rings. The maximum absolute atomic E-state index is 12.7. The summed E-state index contributed by atoms with van der Waals surface area (Å²) in [5, 5.41) is 7.42. The van der Waals surface area contributed by atoms with Gasteiger partial charge in [-0.1, -0.05) is 25.7 Å². The second-order valence-corrected chi connectivity index (χ2v) is 7.47. The lowest BCUT2D eigenvalue weighted by Gasteiger charge is -2.24. The van der Waals surface area contributed by atoms with E-state index in [1.807, 2.05) is 15.6 Å². The summed E-state index contributed by atoms with van der Waals surface area (Å²) in [4.78, 5) is 26.9. The van der Waals surface area contributed by atoms with Crippen molar-refractivity contribution >= 4 is 17.6 Å². The number of carbonyl (C=O) groups excluding carboxylic acids is 2. The molecule has 0 unspecified atom stereocenters. The van der Waals surface area contributed by atoms with Gasteiger partial charge in [-0.2, -0.15) is 5.10 Å². The molecule has 2 heterocycles. The fourth-order valence-corrected chi connectivity index (χ4v) is 4.56. The van der Waals surface area contributed by atoms with Crippen molar-refractivity contribution in [1.29, 1.82) is 0 Å². The van der Waals surface area contributed by atoms with Gasteiger partial charge in [0.2, 0.25) is 11.8 Å². The van der Waals surface area contributed by atoms with Gasteiger partial charge < -0.3 is 10.2 Å². The van der Waals surface area contributed by atoms with Crippen LogP contribution >= 0.6 is 0 Å². The van der Waals surface area contributed by atoms with E-state index in [0.29, 0.717) is 25.0 Å². The lowest BCUT2D eigenvalue weighted by atomic mass is 10.1. The standard InChI is InChI=1S/C18H26N4O2/c23-17-11-13(12-21(17)14-5-1-2-6-14)18(24)20-16-9-10-19-22(16)15-7-3-4-8-15/h9-10,13-15H,1-8,11-12H2,(H,20,24)/t13-/m1/s1. The first-order valence-electron chi connectivity index (χ1n) is 9.36. The minimum atomic E-state index is -0.231. The number of hydrogen-bond acceptors (Lipinski definition) is 3. The average molecular weight is 330 g/mol. The number of carbonyl (C=O) groups is 2. The maximum Gasteiger partial charge on any atom is 0.230 e. The number of nitrogens with one attached hydrogen (secondary N) is 1. The number of rotatable bonds is 4. The third kappa shape index (κ3) is 2.94. The predicted octanol–water partition coefficient (Wildman–Crippen LogP) is 2.73. The Morgan fingerprint density at radius 2 is 1.75 bits per heavy atom. The molecule has 1 aliphatic heterocycles. The molecular formula is C18H26N4O2. The molecule has 2 saturated carbocycles. The van der Waals surface area contributed by atoms with Crippen LogP contribution in [0, 0.1) is 5.92 Å². The fraction of sp³-hybridized carbons (Fsp3) is 0.722. The van der Waals surface area contributed by atoms with Crippen LogP contribution in [0.15, 0.2) is 12.3 Å². The number of likely N-dealkylation sites (tertiary alicyclic amines) is 1. The summed E-state index contributed by atoms with van der Waals surface area (Å²) in [6, 6.07) is 2.62. The van der Waals surface area contributed by atoms with Gasteiger partial charge in [0.15, 0.2) is 0 Å². The van der Waals surface area contributed by atoms with E-state index in [2.05, 4.69) is 10.4 Å². The maximum atomic E-state index is 12.7. The van der Waals surface area contributed by atoms with E-state index in [1.165, 1.54) is 25.7 Å². The molecule has 1 saturated heterocycles. The Kier molecular flexibility index (Phi) is 4.29. The normalized spacial score (nSPS) is 25.8. The van der Waals surface area contributed by atoms with Crippen molar-refractivity contribution in [2.24, 2.45) is 5.92 Å². The molecule has 2 amide bonds. The molecule has 2 aliphatic carbocycles. The topological polar surface area (TPSA) is 67.2 Å². The first-order valence-corrected chi connectivity index (χ1v) is 9.36. The van der Waals surface area contributed by atoms with Gasteiger partial charge in [0.25, 0.3) is 0 Å². The molecule has 130 valence electrons. The molecule has 1 aromatic heterocycles. The highest BCUT2D eigenvalue weighted by molar-refractivity contribution is 5.96. The molecule has 0 aromatic carbocycles. The summed E-state index contributed by atoms with van der Waals surface area (Å²) < 4.78 is 1.95. The third-order valence-electron chi connectivity index (χ3n) is 5.89. The largest absolute Gasteiger partial charge is 0.339 e. The van der Waals surface area contributed by atoms with Crippen molar-refractivity contribution in [1.82, 2.24) is 14.7 Å². The van der Waals surface area contributed by atoms with Gasteiger partial charge in [-0.3, -0.25) is 9.59 Å². The van der Waals surface area contributed by atoms with Crippen molar-refractivity contribution in [3.63, 3.8) is 0 Å². The van der Waals surface area contributed by atoms with Crippen LogP contribution in [0.5, 0.6) is 0 Å². The van der Waals surface area contributed by atoms with Gasteiger partial charge in [0.05, 0.1) is 18.2 Å². The zero-order valence-electron chi connectivity index (χ0n) is 14.1. The highest BCUT2D eigenvalue weighted by Crippen LogP contribution is 2.32. The smallest absolute Gasteiger partial charge is 0.230 e. The van der Waals surface area contributed by atoms with Crippen LogP contribution in [0.1, 0.15) is 63.8 Å². The van der Waals surface area contributed by atoms with E-state index in [4.69, 9.17) is 0 Å². The molecule has 0 radical (unpaired) electrons. The van der Waals surface area contributed by atoms with Gasteiger partial charge in [-0.05, 0) is 25.7 Å². The fourth-order valence-electron chi connectivity index (χ4n) is 4.56. The van der Waals surface area contributed by atoms with Crippen LogP contribution in [0.3, 0.4) is 0 Å². The van der Waals surface area contributed by atoms with Crippen molar-refractivity contribution in [2.75, 3.05) is 11.9 Å². The van der Waals surface area contributed by atoms with Crippen LogP contribution in [-0.4, -0.2) is 39.1 Å². The molecule has 1 N–H and O–H groups in total. The van der Waals surface area contributed by atoms with Gasteiger partial charge in [-0.25, -0.2) is 4.68 Å². The van der Waals surface area contributed by atoms with E-state index >= 15 is 0 Å². The molecule has 24 heavy (non-hydrogen) atoms. The van der Waals surface area contributed by atoms with E-state index < -0.39 is 0 Å². The molecular weight excluding hydrogens is 304 g/mol. The molecule has 1 atom stereocenters. The summed E-state index contributed by atoms with van der Waals surface area (Å²) in [5.41, 5.74) is 0. The summed E-state index contributed by atoms with van der Waals surface area (Å²) in [6.07, 6.45) is 11.4. The molecule has 0 bridgehead atoms. The van der Waals surface area contributed by atoms with Crippen LogP contribution in [0.2, 0.25) is 0 Å². The Hall–Kier alpha value is -1.85. The molecule has 6 nitrogen and oxygen atoms in total. The monoisotopic (exact) mass is 330 g/mol. The van der Waals surface area contributed by atoms with Gasteiger partial charge in [0.1, 0.15) is 5.82 Å². The number of anilines is 1. The van der Waals surface area contributed by atoms with Crippen LogP contribution in [0.25, 0.3) is 0 Å². The lowest BCUT2D eigenvalue weighted by molar-refractivity contribution is -0.129. The van der Waals surface area contributed by atoms with Gasteiger partial charge in [-0.15, -0.1) is 0 Å². The Labute approximate surface area is 142 Å².